The van der Waals surface area contributed by atoms with E-state index in [2.05, 4.69) is 26.3 Å². The van der Waals surface area contributed by atoms with Crippen LogP contribution in [0.2, 0.25) is 0 Å². The minimum absolute atomic E-state index is 0.176. The number of thiophene rings is 1. The number of carbonyl (C=O) groups excluding carboxylic acids is 3. The van der Waals surface area contributed by atoms with Crippen LogP contribution in [0.25, 0.3) is 0 Å². The number of hydrogen-bond donors (Lipinski definition) is 1. The molecule has 1 amide bonds. The molecule has 2 aromatic rings. The molecule has 0 saturated carbocycles. The highest BCUT2D eigenvalue weighted by Crippen LogP contribution is 2.34. The molecule has 0 aliphatic carbocycles. The average Bonchev–Trinajstić information content (AvgIpc) is 2.99. The van der Waals surface area contributed by atoms with Crippen molar-refractivity contribution in [2.45, 2.75) is 20.8 Å². The number of aromatic nitrogens is 2. The number of ketones is 1. The van der Waals surface area contributed by atoms with Gasteiger partial charge in [-0.2, -0.15) is 5.10 Å². The molecule has 0 bridgehead atoms. The Labute approximate surface area is 151 Å². The highest BCUT2D eigenvalue weighted by atomic mass is 79.9. The Kier molecular flexibility index (Phi) is 5.55. The van der Waals surface area contributed by atoms with Crippen molar-refractivity contribution in [2.24, 2.45) is 7.05 Å². The zero-order valence-electron chi connectivity index (χ0n) is 13.6. The molecule has 0 radical (unpaired) electrons. The van der Waals surface area contributed by atoms with Gasteiger partial charge in [-0.05, 0) is 42.3 Å². The van der Waals surface area contributed by atoms with Crippen molar-refractivity contribution in [2.75, 3.05) is 11.9 Å². The number of Topliss-reactive ketones (excluding diaryl/α,β-unsaturated/α-hetero) is 1. The summed E-state index contributed by atoms with van der Waals surface area (Å²) in [5.74, 6) is -1.19. The minimum Gasteiger partial charge on any atom is -0.462 e. The highest BCUT2D eigenvalue weighted by molar-refractivity contribution is 9.10. The number of rotatable bonds is 5. The molecule has 0 aliphatic rings. The number of carbonyl (C=O) groups is 3. The van der Waals surface area contributed by atoms with Crippen LogP contribution in [-0.4, -0.2) is 34.0 Å². The summed E-state index contributed by atoms with van der Waals surface area (Å²) >= 11 is 4.32. The molecule has 2 rings (SSSR count). The van der Waals surface area contributed by atoms with E-state index in [1.165, 1.54) is 17.8 Å². The van der Waals surface area contributed by atoms with Crippen LogP contribution in [-0.2, 0) is 11.8 Å². The van der Waals surface area contributed by atoms with Gasteiger partial charge in [-0.15, -0.1) is 11.3 Å². The van der Waals surface area contributed by atoms with Gasteiger partial charge in [0, 0.05) is 7.05 Å². The van der Waals surface area contributed by atoms with E-state index in [9.17, 15) is 14.4 Å². The van der Waals surface area contributed by atoms with Crippen LogP contribution in [0.4, 0.5) is 5.00 Å². The summed E-state index contributed by atoms with van der Waals surface area (Å²) in [4.78, 5) is 36.9. The normalized spacial score (nSPS) is 10.5. The zero-order valence-corrected chi connectivity index (χ0v) is 16.0. The molecule has 0 spiro atoms. The molecule has 0 aliphatic heterocycles. The first kappa shape index (κ1) is 18.3. The lowest BCUT2D eigenvalue weighted by Gasteiger charge is -2.07. The van der Waals surface area contributed by atoms with E-state index < -0.39 is 11.9 Å². The summed E-state index contributed by atoms with van der Waals surface area (Å²) in [6.07, 6.45) is 1.50. The average molecular weight is 414 g/mol. The van der Waals surface area contributed by atoms with Gasteiger partial charge >= 0.3 is 5.97 Å². The van der Waals surface area contributed by atoms with Crippen LogP contribution < -0.4 is 5.32 Å². The van der Waals surface area contributed by atoms with Crippen molar-refractivity contribution in [3.63, 3.8) is 0 Å². The quantitative estimate of drug-likeness (QED) is 0.600. The molecule has 1 N–H and O–H groups in total. The minimum atomic E-state index is -0.571. The zero-order chi connectivity index (χ0) is 18.0. The van der Waals surface area contributed by atoms with E-state index >= 15 is 0 Å². The van der Waals surface area contributed by atoms with Gasteiger partial charge in [0.15, 0.2) is 5.78 Å². The van der Waals surface area contributed by atoms with E-state index in [0.717, 1.165) is 11.3 Å². The van der Waals surface area contributed by atoms with Gasteiger partial charge in [0.25, 0.3) is 5.91 Å². The van der Waals surface area contributed by atoms with Gasteiger partial charge in [-0.3, -0.25) is 14.3 Å². The van der Waals surface area contributed by atoms with Crippen LogP contribution in [0, 0.1) is 6.92 Å². The van der Waals surface area contributed by atoms with Gasteiger partial charge in [0.05, 0.1) is 27.7 Å². The Morgan fingerprint density at radius 1 is 1.42 bits per heavy atom. The van der Waals surface area contributed by atoms with Crippen molar-refractivity contribution in [1.82, 2.24) is 9.78 Å². The third-order valence-electron chi connectivity index (χ3n) is 3.28. The lowest BCUT2D eigenvalue weighted by molar-refractivity contribution is 0.0527. The SMILES string of the molecule is CCOC(=O)c1c(NC(=O)c2c(Br)cnn2C)sc(C(C)=O)c1C. The lowest BCUT2D eigenvalue weighted by atomic mass is 10.1. The van der Waals surface area contributed by atoms with Crippen molar-refractivity contribution >= 4 is 49.9 Å². The maximum absolute atomic E-state index is 12.5. The number of ether oxygens (including phenoxy) is 1. The highest BCUT2D eigenvalue weighted by Gasteiger charge is 2.26. The van der Waals surface area contributed by atoms with Crippen LogP contribution in [0.5, 0.6) is 0 Å². The summed E-state index contributed by atoms with van der Waals surface area (Å²) in [7, 11) is 1.63. The first-order chi connectivity index (χ1) is 11.3. The monoisotopic (exact) mass is 413 g/mol. The molecule has 0 atom stereocenters. The molecule has 7 nitrogen and oxygen atoms in total. The maximum Gasteiger partial charge on any atom is 0.341 e. The maximum atomic E-state index is 12.5. The van der Waals surface area contributed by atoms with E-state index in [-0.39, 0.29) is 23.0 Å². The van der Waals surface area contributed by atoms with Crippen molar-refractivity contribution in [3.8, 4) is 0 Å². The Balaban J connectivity index is 2.46. The summed E-state index contributed by atoms with van der Waals surface area (Å²) in [5.41, 5.74) is 1.02. The molecule has 24 heavy (non-hydrogen) atoms. The first-order valence-corrected chi connectivity index (χ1v) is 8.69. The predicted molar refractivity (Wildman–Crippen MR) is 93.9 cm³/mol. The number of hydrogen-bond acceptors (Lipinski definition) is 6. The van der Waals surface area contributed by atoms with E-state index in [4.69, 9.17) is 4.74 Å². The van der Waals surface area contributed by atoms with Crippen molar-refractivity contribution in [1.29, 1.82) is 0 Å². The van der Waals surface area contributed by atoms with Gasteiger partial charge in [-0.25, -0.2) is 4.79 Å². The topological polar surface area (TPSA) is 90.3 Å². The van der Waals surface area contributed by atoms with Gasteiger partial charge in [0.2, 0.25) is 0 Å². The predicted octanol–water partition coefficient (Wildman–Crippen LogP) is 3.18. The number of nitrogens with one attached hydrogen (secondary N) is 1. The first-order valence-electron chi connectivity index (χ1n) is 7.08. The van der Waals surface area contributed by atoms with Gasteiger partial charge < -0.3 is 10.1 Å². The third kappa shape index (κ3) is 3.41. The molecule has 9 heteroatoms. The van der Waals surface area contributed by atoms with Crippen LogP contribution >= 0.6 is 27.3 Å². The largest absolute Gasteiger partial charge is 0.462 e. The van der Waals surface area contributed by atoms with E-state index in [1.54, 1.807) is 20.9 Å². The molecule has 2 heterocycles. The number of amides is 1. The summed E-state index contributed by atoms with van der Waals surface area (Å²) in [5, 5.41) is 6.96. The number of aryl methyl sites for hydroxylation is 1. The Morgan fingerprint density at radius 3 is 2.58 bits per heavy atom. The number of nitrogens with zero attached hydrogens (tertiary/aromatic N) is 2. The second-order valence-electron chi connectivity index (χ2n) is 4.96. The summed E-state index contributed by atoms with van der Waals surface area (Å²) < 4.78 is 6.98. The van der Waals surface area contributed by atoms with Crippen LogP contribution in [0.1, 0.15) is 49.9 Å². The fraction of sp³-hybridized carbons (Fsp3) is 0.333. The molecule has 0 unspecified atom stereocenters. The standard InChI is InChI=1S/C15H16BrN3O4S/c1-5-23-15(22)10-7(2)12(8(3)20)24-14(10)18-13(21)11-9(16)6-17-19(11)4/h6H,5H2,1-4H3,(H,18,21). The number of halogens is 1. The Bertz CT molecular complexity index is 806. The summed E-state index contributed by atoms with van der Waals surface area (Å²) in [6, 6.07) is 0. The summed E-state index contributed by atoms with van der Waals surface area (Å²) in [6.45, 7) is 4.97. The third-order valence-corrected chi connectivity index (χ3v) is 5.17. The van der Waals surface area contributed by atoms with Crippen LogP contribution in [0.15, 0.2) is 10.7 Å². The molecule has 0 aromatic carbocycles. The van der Waals surface area contributed by atoms with E-state index in [1.807, 2.05) is 0 Å². The Hall–Kier alpha value is -2.00. The van der Waals surface area contributed by atoms with Crippen LogP contribution in [0.3, 0.4) is 0 Å². The molecular weight excluding hydrogens is 398 g/mol. The van der Waals surface area contributed by atoms with Gasteiger partial charge in [-0.1, -0.05) is 0 Å². The van der Waals surface area contributed by atoms with Crippen molar-refractivity contribution < 1.29 is 19.1 Å². The second-order valence-corrected chi connectivity index (χ2v) is 6.83. The van der Waals surface area contributed by atoms with Crippen molar-refractivity contribution in [3.05, 3.63) is 32.4 Å². The second kappa shape index (κ2) is 7.27. The Morgan fingerprint density at radius 2 is 2.08 bits per heavy atom. The molecule has 0 fully saturated rings. The van der Waals surface area contributed by atoms with Gasteiger partial charge in [0.1, 0.15) is 10.7 Å². The number of esters is 1. The lowest BCUT2D eigenvalue weighted by Crippen LogP contribution is -2.18. The van der Waals surface area contributed by atoms with E-state index in [0.29, 0.717) is 20.6 Å². The molecule has 128 valence electrons. The fourth-order valence-electron chi connectivity index (χ4n) is 2.21. The molecule has 2 aromatic heterocycles. The molecule has 0 saturated heterocycles. The molecular formula is C15H16BrN3O4S. The smallest absolute Gasteiger partial charge is 0.341 e. The fourth-order valence-corrected chi connectivity index (χ4v) is 3.83. The number of anilines is 1.